The number of rotatable bonds is 5. The number of carbonyl (C=O) groups excluding carboxylic acids is 1. The van der Waals surface area contributed by atoms with Crippen molar-refractivity contribution in [3.8, 4) is 5.69 Å². The zero-order chi connectivity index (χ0) is 14.5. The first-order valence-electron chi connectivity index (χ1n) is 6.59. The highest BCUT2D eigenvalue weighted by Gasteiger charge is 2.14. The molecule has 3 N–H and O–H groups in total. The second-order valence-corrected chi connectivity index (χ2v) is 4.89. The zero-order valence-electron chi connectivity index (χ0n) is 11.7. The van der Waals surface area contributed by atoms with Gasteiger partial charge in [-0.15, -0.1) is 5.10 Å². The van der Waals surface area contributed by atoms with E-state index in [-0.39, 0.29) is 18.0 Å². The Morgan fingerprint density at radius 2 is 2.05 bits per heavy atom. The zero-order valence-corrected chi connectivity index (χ0v) is 11.7. The van der Waals surface area contributed by atoms with Crippen LogP contribution in [0.1, 0.15) is 32.0 Å². The lowest BCUT2D eigenvalue weighted by atomic mass is 10.2. The summed E-state index contributed by atoms with van der Waals surface area (Å²) in [6, 6.07) is 9.35. The molecule has 0 spiro atoms. The van der Waals surface area contributed by atoms with Gasteiger partial charge < -0.3 is 11.1 Å². The Kier molecular flexibility index (Phi) is 4.47. The van der Waals surface area contributed by atoms with Gasteiger partial charge in [0.05, 0.1) is 17.9 Å². The van der Waals surface area contributed by atoms with Crippen LogP contribution in [0, 0.1) is 0 Å². The van der Waals surface area contributed by atoms with Gasteiger partial charge in [-0.25, -0.2) is 4.68 Å². The lowest BCUT2D eigenvalue weighted by molar-refractivity contribution is -0.122. The summed E-state index contributed by atoms with van der Waals surface area (Å²) in [6.07, 6.45) is 2.11. The summed E-state index contributed by atoms with van der Waals surface area (Å²) < 4.78 is 1.68. The van der Waals surface area contributed by atoms with Gasteiger partial charge in [-0.3, -0.25) is 4.79 Å². The van der Waals surface area contributed by atoms with Crippen molar-refractivity contribution >= 4 is 5.91 Å². The molecule has 2 aromatic rings. The van der Waals surface area contributed by atoms with Gasteiger partial charge in [-0.1, -0.05) is 23.4 Å². The Bertz CT molecular complexity index is 564. The van der Waals surface area contributed by atoms with E-state index in [0.717, 1.165) is 5.69 Å². The molecule has 2 unspecified atom stereocenters. The number of nitrogens with two attached hydrogens (primary N) is 1. The molecule has 1 aromatic heterocycles. The first-order chi connectivity index (χ1) is 9.56. The molecule has 0 radical (unpaired) electrons. The molecule has 2 rings (SSSR count). The van der Waals surface area contributed by atoms with Crippen LogP contribution in [0.25, 0.3) is 5.69 Å². The maximum Gasteiger partial charge on any atom is 0.222 e. The van der Waals surface area contributed by atoms with Gasteiger partial charge in [-0.2, -0.15) is 0 Å². The second kappa shape index (κ2) is 6.29. The molecule has 20 heavy (non-hydrogen) atoms. The highest BCUT2D eigenvalue weighted by Crippen LogP contribution is 2.11. The van der Waals surface area contributed by atoms with Gasteiger partial charge in [0.25, 0.3) is 0 Å². The quantitative estimate of drug-likeness (QED) is 0.856. The minimum atomic E-state index is -0.196. The van der Waals surface area contributed by atoms with Crippen molar-refractivity contribution in [3.63, 3.8) is 0 Å². The molecule has 6 nitrogen and oxygen atoms in total. The number of amides is 1. The Hall–Kier alpha value is -2.21. The van der Waals surface area contributed by atoms with Gasteiger partial charge in [-0.05, 0) is 26.0 Å². The molecule has 1 aromatic carbocycles. The third kappa shape index (κ3) is 3.64. The first kappa shape index (κ1) is 14.2. The van der Waals surface area contributed by atoms with Crippen molar-refractivity contribution in [2.24, 2.45) is 5.73 Å². The molecule has 106 valence electrons. The topological polar surface area (TPSA) is 85.8 Å². The van der Waals surface area contributed by atoms with E-state index in [9.17, 15) is 4.79 Å². The molecule has 0 saturated carbocycles. The molecule has 0 bridgehead atoms. The van der Waals surface area contributed by atoms with Crippen molar-refractivity contribution in [2.75, 3.05) is 0 Å². The van der Waals surface area contributed by atoms with Crippen LogP contribution in [0.2, 0.25) is 0 Å². The Labute approximate surface area is 118 Å². The van der Waals surface area contributed by atoms with Crippen molar-refractivity contribution in [2.45, 2.75) is 32.4 Å². The summed E-state index contributed by atoms with van der Waals surface area (Å²) in [4.78, 5) is 11.7. The molecule has 2 atom stereocenters. The van der Waals surface area contributed by atoms with E-state index in [1.165, 1.54) is 0 Å². The van der Waals surface area contributed by atoms with Crippen molar-refractivity contribution in [1.29, 1.82) is 0 Å². The fourth-order valence-corrected chi connectivity index (χ4v) is 1.85. The minimum absolute atomic E-state index is 0.0817. The number of hydrogen-bond acceptors (Lipinski definition) is 4. The molecule has 0 aliphatic heterocycles. The first-order valence-corrected chi connectivity index (χ1v) is 6.59. The van der Waals surface area contributed by atoms with Crippen LogP contribution >= 0.6 is 0 Å². The SMILES string of the molecule is CC(N)CC(=O)NC(C)c1cn(-c2ccccc2)nn1. The van der Waals surface area contributed by atoms with Gasteiger partial charge in [0, 0.05) is 12.5 Å². The van der Waals surface area contributed by atoms with Crippen molar-refractivity contribution in [3.05, 3.63) is 42.2 Å². The maximum atomic E-state index is 11.7. The van der Waals surface area contributed by atoms with Crippen LogP contribution in [0.3, 0.4) is 0 Å². The lowest BCUT2D eigenvalue weighted by Crippen LogP contribution is -2.31. The number of aromatic nitrogens is 3. The Morgan fingerprint density at radius 1 is 1.35 bits per heavy atom. The van der Waals surface area contributed by atoms with Gasteiger partial charge in [0.2, 0.25) is 5.91 Å². The van der Waals surface area contributed by atoms with Gasteiger partial charge >= 0.3 is 0 Å². The fourth-order valence-electron chi connectivity index (χ4n) is 1.85. The van der Waals surface area contributed by atoms with Crippen LogP contribution in [0.4, 0.5) is 0 Å². The van der Waals surface area contributed by atoms with Gasteiger partial charge in [0.1, 0.15) is 5.69 Å². The number of nitrogens with one attached hydrogen (secondary N) is 1. The third-order valence-electron chi connectivity index (χ3n) is 2.86. The normalized spacial score (nSPS) is 13.8. The third-order valence-corrected chi connectivity index (χ3v) is 2.86. The van der Waals surface area contributed by atoms with Gasteiger partial charge in [0.15, 0.2) is 0 Å². The van der Waals surface area contributed by atoms with E-state index in [1.807, 2.05) is 43.5 Å². The highest BCUT2D eigenvalue weighted by atomic mass is 16.1. The molecular formula is C14H19N5O. The molecule has 6 heteroatoms. The Balaban J connectivity index is 2.03. The minimum Gasteiger partial charge on any atom is -0.348 e. The van der Waals surface area contributed by atoms with Crippen LogP contribution in [-0.4, -0.2) is 26.9 Å². The summed E-state index contributed by atoms with van der Waals surface area (Å²) in [5.41, 5.74) is 7.24. The molecule has 0 aliphatic carbocycles. The fraction of sp³-hybridized carbons (Fsp3) is 0.357. The average Bonchev–Trinajstić information content (AvgIpc) is 2.88. The molecule has 1 heterocycles. The maximum absolute atomic E-state index is 11.7. The van der Waals surface area contributed by atoms with Crippen LogP contribution in [0.15, 0.2) is 36.5 Å². The predicted molar refractivity (Wildman–Crippen MR) is 76.2 cm³/mol. The molecule has 0 saturated heterocycles. The summed E-state index contributed by atoms with van der Waals surface area (Å²) >= 11 is 0. The second-order valence-electron chi connectivity index (χ2n) is 4.89. The van der Waals surface area contributed by atoms with E-state index in [2.05, 4.69) is 15.6 Å². The van der Waals surface area contributed by atoms with E-state index in [0.29, 0.717) is 12.1 Å². The summed E-state index contributed by atoms with van der Waals surface area (Å²) in [7, 11) is 0. The average molecular weight is 273 g/mol. The summed E-state index contributed by atoms with van der Waals surface area (Å²) in [5, 5.41) is 11.0. The van der Waals surface area contributed by atoms with Crippen LogP contribution in [0.5, 0.6) is 0 Å². The van der Waals surface area contributed by atoms with Crippen LogP contribution < -0.4 is 11.1 Å². The number of hydrogen-bond donors (Lipinski definition) is 2. The van der Waals surface area contributed by atoms with E-state index in [4.69, 9.17) is 5.73 Å². The smallest absolute Gasteiger partial charge is 0.222 e. The lowest BCUT2D eigenvalue weighted by Gasteiger charge is -2.12. The molecule has 1 amide bonds. The van der Waals surface area contributed by atoms with Crippen molar-refractivity contribution < 1.29 is 4.79 Å². The van der Waals surface area contributed by atoms with E-state index in [1.54, 1.807) is 11.6 Å². The standard InChI is InChI=1S/C14H19N5O/c1-10(15)8-14(20)16-11(2)13-9-19(18-17-13)12-6-4-3-5-7-12/h3-7,9-11H,8,15H2,1-2H3,(H,16,20). The van der Waals surface area contributed by atoms with E-state index >= 15 is 0 Å². The molecule has 0 aliphatic rings. The Morgan fingerprint density at radius 3 is 2.70 bits per heavy atom. The molecular weight excluding hydrogens is 254 g/mol. The highest BCUT2D eigenvalue weighted by molar-refractivity contribution is 5.76. The largest absolute Gasteiger partial charge is 0.348 e. The summed E-state index contributed by atoms with van der Waals surface area (Å²) in [6.45, 7) is 3.67. The summed E-state index contributed by atoms with van der Waals surface area (Å²) in [5.74, 6) is -0.0817. The number of carbonyl (C=O) groups is 1. The van der Waals surface area contributed by atoms with Crippen LogP contribution in [-0.2, 0) is 4.79 Å². The number of nitrogens with zero attached hydrogens (tertiary/aromatic N) is 3. The predicted octanol–water partition coefficient (Wildman–Crippen LogP) is 1.18. The number of para-hydroxylation sites is 1. The van der Waals surface area contributed by atoms with Crippen molar-refractivity contribution in [1.82, 2.24) is 20.3 Å². The van der Waals surface area contributed by atoms with E-state index < -0.39 is 0 Å². The number of benzene rings is 1. The molecule has 0 fully saturated rings. The monoisotopic (exact) mass is 273 g/mol.